The number of ether oxygens (including phenoxy) is 3. The van der Waals surface area contributed by atoms with Crippen LogP contribution in [0.5, 0.6) is 0 Å². The normalized spacial score (nSPS) is 8.45. The molecule has 0 aromatic carbocycles. The smallest absolute Gasteiger partial charge is 0.466 e. The van der Waals surface area contributed by atoms with Crippen molar-refractivity contribution in [3.05, 3.63) is 20.8 Å². The van der Waals surface area contributed by atoms with Crippen molar-refractivity contribution in [2.45, 2.75) is 53.9 Å². The molecule has 0 amide bonds. The number of aliphatic hydroxyl groups excluding tert-OH is 1. The summed E-state index contributed by atoms with van der Waals surface area (Å²) < 4.78 is 13.4. The van der Waals surface area contributed by atoms with Gasteiger partial charge in [0.2, 0.25) is 0 Å². The predicted molar refractivity (Wildman–Crippen MR) is 117 cm³/mol. The van der Waals surface area contributed by atoms with E-state index in [-0.39, 0.29) is 45.5 Å². The molecule has 0 saturated heterocycles. The van der Waals surface area contributed by atoms with E-state index in [2.05, 4.69) is 35.0 Å². The van der Waals surface area contributed by atoms with Gasteiger partial charge in [0.25, 0.3) is 0 Å². The predicted octanol–water partition coefficient (Wildman–Crippen LogP) is 1.66. The van der Waals surface area contributed by atoms with Crippen LogP contribution in [0.4, 0.5) is 0 Å². The Morgan fingerprint density at radius 1 is 0.636 bits per heavy atom. The molecular formula is C22H37O10Zr. The molecule has 0 fully saturated rings. The molecule has 0 atom stereocenters. The topological polar surface area (TPSA) is 150 Å². The second-order valence-corrected chi connectivity index (χ2v) is 6.14. The van der Waals surface area contributed by atoms with E-state index in [4.69, 9.17) is 5.11 Å². The van der Waals surface area contributed by atoms with Crippen LogP contribution in [-0.4, -0.2) is 66.8 Å². The molecule has 189 valence electrons. The largest absolute Gasteiger partial charge is 3.00 e. The molecule has 10 nitrogen and oxygen atoms in total. The number of carbonyl (C=O) groups is 6. The van der Waals surface area contributed by atoms with Gasteiger partial charge in [-0.1, -0.05) is 13.8 Å². The van der Waals surface area contributed by atoms with Crippen LogP contribution in [0.3, 0.4) is 0 Å². The summed E-state index contributed by atoms with van der Waals surface area (Å²) in [6.07, 6.45) is -0.643. The average molecular weight is 553 g/mol. The van der Waals surface area contributed by atoms with Gasteiger partial charge in [-0.05, 0) is 26.7 Å². The van der Waals surface area contributed by atoms with E-state index in [0.717, 1.165) is 0 Å². The molecule has 0 rings (SSSR count). The summed E-state index contributed by atoms with van der Waals surface area (Å²) in [5, 5.41) is 8.14. The third-order valence-corrected chi connectivity index (χ3v) is 2.31. The van der Waals surface area contributed by atoms with E-state index >= 15 is 0 Å². The first-order valence-electron chi connectivity index (χ1n) is 9.89. The summed E-state index contributed by atoms with van der Waals surface area (Å²) >= 11 is 0. The van der Waals surface area contributed by atoms with Crippen molar-refractivity contribution >= 4 is 35.3 Å². The van der Waals surface area contributed by atoms with Crippen molar-refractivity contribution in [1.82, 2.24) is 0 Å². The van der Waals surface area contributed by atoms with Crippen molar-refractivity contribution in [3.63, 3.8) is 0 Å². The third kappa shape index (κ3) is 53.3. The van der Waals surface area contributed by atoms with Gasteiger partial charge in [-0.3, -0.25) is 14.4 Å². The number of esters is 3. The molecule has 1 radical (unpaired) electrons. The molecule has 0 saturated carbocycles. The van der Waals surface area contributed by atoms with Gasteiger partial charge in [0.05, 0.1) is 39.1 Å². The minimum atomic E-state index is -0.502. The van der Waals surface area contributed by atoms with E-state index in [0.29, 0.717) is 32.3 Å². The van der Waals surface area contributed by atoms with Crippen molar-refractivity contribution < 1.29 is 74.3 Å². The SMILES string of the molecule is CC(C)CO.[CH2-]C(=O)CC(=O)OCC.[CH2-]C(=O)CC(=O)OCC.[CH2-]C(=O)CC(=O)OCC.[Zr+3]. The molecule has 33 heavy (non-hydrogen) atoms. The van der Waals surface area contributed by atoms with E-state index in [9.17, 15) is 28.8 Å². The number of hydrogen-bond donors (Lipinski definition) is 1. The Labute approximate surface area is 216 Å². The average Bonchev–Trinajstić information content (AvgIpc) is 2.62. The van der Waals surface area contributed by atoms with Gasteiger partial charge in [0.1, 0.15) is 0 Å². The second-order valence-electron chi connectivity index (χ2n) is 6.14. The monoisotopic (exact) mass is 551 g/mol. The molecule has 0 unspecified atom stereocenters. The summed E-state index contributed by atoms with van der Waals surface area (Å²) in [4.78, 5) is 61.5. The zero-order valence-electron chi connectivity index (χ0n) is 20.3. The first-order chi connectivity index (χ1) is 14.8. The molecule has 0 spiro atoms. The minimum absolute atomic E-state index is 0. The van der Waals surface area contributed by atoms with Gasteiger partial charge < -0.3 is 54.5 Å². The standard InChI is InChI=1S/3C6H9O3.C4H10O.Zr/c3*1-3-9-6(8)4-5(2)7;1-4(2)3-5;/h3*2-4H2,1H3;4-5H,3H2,1-2H3;/q3*-1;;+3. The van der Waals surface area contributed by atoms with Gasteiger partial charge in [0, 0.05) is 24.0 Å². The number of hydrogen-bond acceptors (Lipinski definition) is 10. The van der Waals surface area contributed by atoms with E-state index in [1.54, 1.807) is 20.8 Å². The van der Waals surface area contributed by atoms with E-state index in [1.807, 2.05) is 13.8 Å². The fourth-order valence-electron chi connectivity index (χ4n) is 1.12. The molecule has 11 heteroatoms. The maximum Gasteiger partial charge on any atom is 3.00 e. The zero-order chi connectivity index (χ0) is 26.1. The van der Waals surface area contributed by atoms with E-state index < -0.39 is 35.3 Å². The van der Waals surface area contributed by atoms with Gasteiger partial charge in [-0.25, -0.2) is 0 Å². The molecule has 0 aliphatic rings. The number of rotatable bonds is 10. The molecule has 0 aliphatic heterocycles. The number of ketones is 3. The number of Topliss-reactive ketones (excluding diaryl/α,β-unsaturated/α-hetero) is 3. The summed E-state index contributed by atoms with van der Waals surface area (Å²) in [5.74, 6) is -2.29. The van der Waals surface area contributed by atoms with Crippen LogP contribution in [-0.2, 0) is 69.2 Å². The van der Waals surface area contributed by atoms with Gasteiger partial charge in [-0.15, -0.1) is 0 Å². The van der Waals surface area contributed by atoms with Crippen LogP contribution in [0.1, 0.15) is 53.9 Å². The quantitative estimate of drug-likeness (QED) is 0.183. The van der Waals surface area contributed by atoms with Crippen LogP contribution in [0, 0.1) is 26.7 Å². The summed E-state index contributed by atoms with van der Waals surface area (Å²) in [7, 11) is 0. The molecule has 0 aromatic heterocycles. The van der Waals surface area contributed by atoms with Crippen LogP contribution in [0.15, 0.2) is 0 Å². The fraction of sp³-hybridized carbons (Fsp3) is 0.591. The molecule has 1 N–H and O–H groups in total. The molecular weight excluding hydrogens is 515 g/mol. The molecule has 0 heterocycles. The van der Waals surface area contributed by atoms with Gasteiger partial charge >= 0.3 is 44.1 Å². The Bertz CT molecular complexity index is 488. The second kappa shape index (κ2) is 29.9. The molecule has 0 bridgehead atoms. The fourth-order valence-corrected chi connectivity index (χ4v) is 1.12. The van der Waals surface area contributed by atoms with E-state index in [1.165, 1.54) is 0 Å². The summed E-state index contributed by atoms with van der Waals surface area (Å²) in [6.45, 7) is 19.3. The van der Waals surface area contributed by atoms with Crippen molar-refractivity contribution in [3.8, 4) is 0 Å². The first-order valence-corrected chi connectivity index (χ1v) is 9.89. The van der Waals surface area contributed by atoms with Crippen molar-refractivity contribution in [2.75, 3.05) is 26.4 Å². The summed E-state index contributed by atoms with van der Waals surface area (Å²) in [6, 6.07) is 0. The van der Waals surface area contributed by atoms with Crippen LogP contribution in [0.2, 0.25) is 0 Å². The number of carbonyl (C=O) groups excluding carboxylic acids is 6. The Hall–Kier alpha value is -2.13. The Morgan fingerprint density at radius 3 is 0.909 bits per heavy atom. The van der Waals surface area contributed by atoms with Crippen LogP contribution < -0.4 is 0 Å². The summed E-state index contributed by atoms with van der Waals surface area (Å²) in [5.41, 5.74) is 0. The Balaban J connectivity index is -0.000000107. The Kier molecular flexibility index (Phi) is 37.3. The van der Waals surface area contributed by atoms with Crippen LogP contribution >= 0.6 is 0 Å². The van der Waals surface area contributed by atoms with Crippen molar-refractivity contribution in [1.29, 1.82) is 0 Å². The first kappa shape index (κ1) is 41.2. The van der Waals surface area contributed by atoms with Gasteiger partial charge in [0.15, 0.2) is 0 Å². The maximum absolute atomic E-state index is 10.4. The third-order valence-electron chi connectivity index (χ3n) is 2.31. The number of aliphatic hydroxyl groups is 1. The van der Waals surface area contributed by atoms with Crippen LogP contribution in [0.25, 0.3) is 0 Å². The Morgan fingerprint density at radius 2 is 0.818 bits per heavy atom. The maximum atomic E-state index is 10.4. The minimum Gasteiger partial charge on any atom is -0.466 e. The van der Waals surface area contributed by atoms with Crippen molar-refractivity contribution in [2.24, 2.45) is 5.92 Å². The zero-order valence-corrected chi connectivity index (χ0v) is 22.7. The van der Waals surface area contributed by atoms with Gasteiger partial charge in [-0.2, -0.15) is 0 Å². The molecule has 0 aliphatic carbocycles. The molecule has 0 aromatic rings.